The number of aliphatic hydroxyl groups is 1. The SMILES string of the molecule is OCCCc1csc(COc2ccc(F)cc2)n1. The molecule has 2 rings (SSSR count). The van der Waals surface area contributed by atoms with E-state index in [4.69, 9.17) is 9.84 Å². The summed E-state index contributed by atoms with van der Waals surface area (Å²) in [4.78, 5) is 4.39. The summed E-state index contributed by atoms with van der Waals surface area (Å²) in [6, 6.07) is 5.92. The number of benzene rings is 1. The van der Waals surface area contributed by atoms with Crippen LogP contribution < -0.4 is 4.74 Å². The lowest BCUT2D eigenvalue weighted by atomic mass is 10.3. The Bertz CT molecular complexity index is 484. The molecule has 96 valence electrons. The maximum absolute atomic E-state index is 12.7. The van der Waals surface area contributed by atoms with Gasteiger partial charge in [0.15, 0.2) is 0 Å². The molecule has 1 aromatic carbocycles. The number of thiazole rings is 1. The summed E-state index contributed by atoms with van der Waals surface area (Å²) in [5.74, 6) is 0.353. The van der Waals surface area contributed by atoms with Crippen LogP contribution in [0.4, 0.5) is 4.39 Å². The monoisotopic (exact) mass is 267 g/mol. The molecule has 1 aromatic heterocycles. The highest BCUT2D eigenvalue weighted by Gasteiger charge is 2.03. The Labute approximate surface area is 109 Å². The summed E-state index contributed by atoms with van der Waals surface area (Å²) in [5.41, 5.74) is 0.978. The molecule has 0 amide bonds. The molecular formula is C13H14FNO2S. The number of halogens is 1. The van der Waals surface area contributed by atoms with Gasteiger partial charge >= 0.3 is 0 Å². The van der Waals surface area contributed by atoms with Crippen molar-refractivity contribution in [2.45, 2.75) is 19.4 Å². The largest absolute Gasteiger partial charge is 0.486 e. The third kappa shape index (κ3) is 3.78. The minimum absolute atomic E-state index is 0.180. The van der Waals surface area contributed by atoms with Crippen LogP contribution >= 0.6 is 11.3 Å². The second kappa shape index (κ2) is 6.47. The number of hydrogen-bond donors (Lipinski definition) is 1. The van der Waals surface area contributed by atoms with Gasteiger partial charge < -0.3 is 9.84 Å². The van der Waals surface area contributed by atoms with Gasteiger partial charge in [0.1, 0.15) is 23.2 Å². The summed E-state index contributed by atoms with van der Waals surface area (Å²) in [7, 11) is 0. The highest BCUT2D eigenvalue weighted by Crippen LogP contribution is 2.16. The molecule has 5 heteroatoms. The van der Waals surface area contributed by atoms with Crippen molar-refractivity contribution in [2.24, 2.45) is 0 Å². The molecule has 0 bridgehead atoms. The van der Waals surface area contributed by atoms with E-state index in [0.717, 1.165) is 23.5 Å². The number of aromatic nitrogens is 1. The van der Waals surface area contributed by atoms with Gasteiger partial charge in [-0.25, -0.2) is 9.37 Å². The van der Waals surface area contributed by atoms with Crippen molar-refractivity contribution in [1.29, 1.82) is 0 Å². The van der Waals surface area contributed by atoms with Crippen LogP contribution in [0.5, 0.6) is 5.75 Å². The number of aliphatic hydroxyl groups excluding tert-OH is 1. The van der Waals surface area contributed by atoms with Crippen molar-refractivity contribution in [3.05, 3.63) is 46.2 Å². The van der Waals surface area contributed by atoms with Crippen LogP contribution in [0.15, 0.2) is 29.6 Å². The van der Waals surface area contributed by atoms with Gasteiger partial charge in [0.2, 0.25) is 0 Å². The maximum Gasteiger partial charge on any atom is 0.140 e. The number of ether oxygens (including phenoxy) is 1. The molecule has 2 aromatic rings. The van der Waals surface area contributed by atoms with Crippen molar-refractivity contribution in [3.63, 3.8) is 0 Å². The van der Waals surface area contributed by atoms with Gasteiger partial charge in [-0.15, -0.1) is 11.3 Å². The number of nitrogens with zero attached hydrogens (tertiary/aromatic N) is 1. The highest BCUT2D eigenvalue weighted by atomic mass is 32.1. The van der Waals surface area contributed by atoms with Crippen LogP contribution in [0.25, 0.3) is 0 Å². The van der Waals surface area contributed by atoms with Crippen molar-refractivity contribution >= 4 is 11.3 Å². The molecule has 0 atom stereocenters. The minimum Gasteiger partial charge on any atom is -0.486 e. The summed E-state index contributed by atoms with van der Waals surface area (Å²) in [6.45, 7) is 0.564. The predicted molar refractivity (Wildman–Crippen MR) is 68.3 cm³/mol. The smallest absolute Gasteiger partial charge is 0.140 e. The number of rotatable bonds is 6. The Morgan fingerprint density at radius 1 is 1.28 bits per heavy atom. The van der Waals surface area contributed by atoms with Crippen molar-refractivity contribution < 1.29 is 14.2 Å². The fourth-order valence-corrected chi connectivity index (χ4v) is 2.21. The standard InChI is InChI=1S/C13H14FNO2S/c14-10-3-5-12(6-4-10)17-8-13-15-11(9-18-13)2-1-7-16/h3-6,9,16H,1-2,7-8H2. The molecule has 18 heavy (non-hydrogen) atoms. The molecule has 0 spiro atoms. The Morgan fingerprint density at radius 3 is 2.78 bits per heavy atom. The van der Waals surface area contributed by atoms with E-state index < -0.39 is 0 Å². The van der Waals surface area contributed by atoms with E-state index in [1.807, 2.05) is 5.38 Å². The predicted octanol–water partition coefficient (Wildman–Crippen LogP) is 2.79. The summed E-state index contributed by atoms with van der Waals surface area (Å²) in [6.07, 6.45) is 1.51. The van der Waals surface area contributed by atoms with Gasteiger partial charge in [-0.3, -0.25) is 0 Å². The lowest BCUT2D eigenvalue weighted by Gasteiger charge is -2.03. The Hall–Kier alpha value is -1.46. The Balaban J connectivity index is 1.86. The quantitative estimate of drug-likeness (QED) is 0.875. The average Bonchev–Trinajstić information content (AvgIpc) is 2.84. The fraction of sp³-hybridized carbons (Fsp3) is 0.308. The minimum atomic E-state index is -0.275. The van der Waals surface area contributed by atoms with Crippen molar-refractivity contribution in [2.75, 3.05) is 6.61 Å². The number of aryl methyl sites for hydroxylation is 1. The Kier molecular flexibility index (Phi) is 4.66. The van der Waals surface area contributed by atoms with Gasteiger partial charge in [0, 0.05) is 12.0 Å². The van der Waals surface area contributed by atoms with Gasteiger partial charge in [-0.1, -0.05) is 0 Å². The highest BCUT2D eigenvalue weighted by molar-refractivity contribution is 7.09. The molecule has 0 aliphatic rings. The molecule has 3 nitrogen and oxygen atoms in total. The van der Waals surface area contributed by atoms with E-state index in [9.17, 15) is 4.39 Å². The third-order valence-electron chi connectivity index (χ3n) is 2.37. The first-order chi connectivity index (χ1) is 8.78. The van der Waals surface area contributed by atoms with Crippen molar-refractivity contribution in [1.82, 2.24) is 4.98 Å². The number of hydrogen-bond acceptors (Lipinski definition) is 4. The fourth-order valence-electron chi connectivity index (χ4n) is 1.47. The summed E-state index contributed by atoms with van der Waals surface area (Å²) in [5, 5.41) is 11.6. The lowest BCUT2D eigenvalue weighted by Crippen LogP contribution is -1.96. The molecule has 0 unspecified atom stereocenters. The molecule has 0 fully saturated rings. The first-order valence-electron chi connectivity index (χ1n) is 5.70. The van der Waals surface area contributed by atoms with E-state index >= 15 is 0 Å². The molecule has 1 N–H and O–H groups in total. The van der Waals surface area contributed by atoms with Crippen LogP contribution in [0, 0.1) is 5.82 Å². The molecule has 1 heterocycles. The third-order valence-corrected chi connectivity index (χ3v) is 3.24. The van der Waals surface area contributed by atoms with E-state index in [0.29, 0.717) is 12.4 Å². The van der Waals surface area contributed by atoms with Crippen LogP contribution in [-0.2, 0) is 13.0 Å². The summed E-state index contributed by atoms with van der Waals surface area (Å²) >= 11 is 1.53. The zero-order chi connectivity index (χ0) is 12.8. The normalized spacial score (nSPS) is 10.6. The zero-order valence-corrected chi connectivity index (χ0v) is 10.6. The van der Waals surface area contributed by atoms with Crippen LogP contribution in [-0.4, -0.2) is 16.7 Å². The zero-order valence-electron chi connectivity index (χ0n) is 9.80. The molecule has 0 saturated carbocycles. The molecule has 0 saturated heterocycles. The van der Waals surface area contributed by atoms with Gasteiger partial charge in [0.05, 0.1) is 5.69 Å². The molecule has 0 radical (unpaired) electrons. The summed E-state index contributed by atoms with van der Waals surface area (Å²) < 4.78 is 18.2. The van der Waals surface area contributed by atoms with E-state index in [1.165, 1.54) is 23.5 Å². The van der Waals surface area contributed by atoms with Gasteiger partial charge in [-0.2, -0.15) is 0 Å². The lowest BCUT2D eigenvalue weighted by molar-refractivity contribution is 0.287. The van der Waals surface area contributed by atoms with E-state index in [1.54, 1.807) is 12.1 Å². The van der Waals surface area contributed by atoms with Gasteiger partial charge in [0.25, 0.3) is 0 Å². The Morgan fingerprint density at radius 2 is 2.06 bits per heavy atom. The molecule has 0 aliphatic heterocycles. The van der Waals surface area contributed by atoms with Crippen LogP contribution in [0.1, 0.15) is 17.1 Å². The second-order valence-corrected chi connectivity index (χ2v) is 4.74. The molecular weight excluding hydrogens is 253 g/mol. The maximum atomic E-state index is 12.7. The first kappa shape index (κ1) is 13.0. The van der Waals surface area contributed by atoms with Crippen LogP contribution in [0.2, 0.25) is 0 Å². The van der Waals surface area contributed by atoms with E-state index in [2.05, 4.69) is 4.98 Å². The topological polar surface area (TPSA) is 42.4 Å². The second-order valence-electron chi connectivity index (χ2n) is 3.80. The van der Waals surface area contributed by atoms with Gasteiger partial charge in [-0.05, 0) is 37.1 Å². The average molecular weight is 267 g/mol. The first-order valence-corrected chi connectivity index (χ1v) is 6.58. The van der Waals surface area contributed by atoms with Crippen molar-refractivity contribution in [3.8, 4) is 5.75 Å². The van der Waals surface area contributed by atoms with Crippen LogP contribution in [0.3, 0.4) is 0 Å². The molecule has 0 aliphatic carbocycles. The van der Waals surface area contributed by atoms with E-state index in [-0.39, 0.29) is 12.4 Å².